The third-order valence-corrected chi connectivity index (χ3v) is 3.15. The monoisotopic (exact) mass is 276 g/mol. The van der Waals surface area contributed by atoms with Gasteiger partial charge in [-0.25, -0.2) is 0 Å². The maximum absolute atomic E-state index is 11.2. The summed E-state index contributed by atoms with van der Waals surface area (Å²) in [5.41, 5.74) is 0.811. The van der Waals surface area contributed by atoms with Crippen molar-refractivity contribution < 1.29 is 14.3 Å². The van der Waals surface area contributed by atoms with Gasteiger partial charge in [-0.2, -0.15) is 0 Å². The van der Waals surface area contributed by atoms with Crippen LogP contribution in [0.4, 0.5) is 0 Å². The third kappa shape index (κ3) is 3.79. The molecule has 17 heavy (non-hydrogen) atoms. The van der Waals surface area contributed by atoms with Crippen LogP contribution in [0.2, 0.25) is 10.0 Å². The largest absolute Gasteiger partial charge is 0.495 e. The molecule has 1 rings (SSSR count). The van der Waals surface area contributed by atoms with Crippen LogP contribution >= 0.6 is 23.2 Å². The molecule has 3 nitrogen and oxygen atoms in total. The van der Waals surface area contributed by atoms with E-state index < -0.39 is 0 Å². The Kier molecular flexibility index (Phi) is 5.59. The van der Waals surface area contributed by atoms with Crippen LogP contribution in [-0.2, 0) is 16.0 Å². The number of hydrogen-bond acceptors (Lipinski definition) is 3. The van der Waals surface area contributed by atoms with Gasteiger partial charge in [-0.1, -0.05) is 29.3 Å². The van der Waals surface area contributed by atoms with Crippen LogP contribution in [0.15, 0.2) is 12.1 Å². The molecule has 0 aliphatic carbocycles. The van der Waals surface area contributed by atoms with Crippen molar-refractivity contribution >= 4 is 29.2 Å². The predicted molar refractivity (Wildman–Crippen MR) is 68.0 cm³/mol. The number of methoxy groups -OCH3 is 1. The highest BCUT2D eigenvalue weighted by Gasteiger charge is 2.11. The highest BCUT2D eigenvalue weighted by Crippen LogP contribution is 2.34. The molecule has 0 N–H and O–H groups in total. The van der Waals surface area contributed by atoms with Crippen molar-refractivity contribution in [3.63, 3.8) is 0 Å². The Balaban J connectivity index is 2.73. The smallest absolute Gasteiger partial charge is 0.306 e. The summed E-state index contributed by atoms with van der Waals surface area (Å²) in [5, 5.41) is 0.797. The lowest BCUT2D eigenvalue weighted by molar-refractivity contribution is -0.143. The second kappa shape index (κ2) is 6.72. The summed E-state index contributed by atoms with van der Waals surface area (Å²) < 4.78 is 9.88. The quantitative estimate of drug-likeness (QED) is 0.773. The summed E-state index contributed by atoms with van der Waals surface area (Å²) in [6.07, 6.45) is 0.789. The van der Waals surface area contributed by atoms with Crippen LogP contribution in [0.5, 0.6) is 5.75 Å². The van der Waals surface area contributed by atoms with E-state index in [1.54, 1.807) is 19.1 Å². The van der Waals surface area contributed by atoms with Gasteiger partial charge in [-0.15, -0.1) is 0 Å². The van der Waals surface area contributed by atoms with E-state index in [-0.39, 0.29) is 12.4 Å². The molecule has 94 valence electrons. The van der Waals surface area contributed by atoms with Gasteiger partial charge in [0.15, 0.2) is 0 Å². The van der Waals surface area contributed by atoms with E-state index in [0.717, 1.165) is 5.56 Å². The average molecular weight is 277 g/mol. The molecular weight excluding hydrogens is 263 g/mol. The van der Waals surface area contributed by atoms with E-state index in [1.807, 2.05) is 0 Å². The number of hydrogen-bond donors (Lipinski definition) is 0. The number of carbonyl (C=O) groups excluding carboxylic acids is 1. The minimum atomic E-state index is -0.240. The van der Waals surface area contributed by atoms with Gasteiger partial charge in [0.1, 0.15) is 10.8 Å². The normalized spacial score (nSPS) is 10.1. The highest BCUT2D eigenvalue weighted by molar-refractivity contribution is 6.43. The Morgan fingerprint density at radius 1 is 1.29 bits per heavy atom. The zero-order valence-corrected chi connectivity index (χ0v) is 11.3. The second-order valence-corrected chi connectivity index (χ2v) is 4.12. The summed E-state index contributed by atoms with van der Waals surface area (Å²) in [6.45, 7) is 2.16. The lowest BCUT2D eigenvalue weighted by Crippen LogP contribution is -2.05. The number of benzene rings is 1. The van der Waals surface area contributed by atoms with E-state index in [2.05, 4.69) is 0 Å². The van der Waals surface area contributed by atoms with Crippen molar-refractivity contribution in [2.45, 2.75) is 19.8 Å². The Morgan fingerprint density at radius 3 is 2.59 bits per heavy atom. The van der Waals surface area contributed by atoms with Crippen LogP contribution in [0, 0.1) is 0 Å². The predicted octanol–water partition coefficient (Wildman–Crippen LogP) is 3.50. The SMILES string of the molecule is CCOC(=O)CCc1ccc(OC)c(Cl)c1Cl. The number of aryl methyl sites for hydroxylation is 1. The maximum Gasteiger partial charge on any atom is 0.306 e. The van der Waals surface area contributed by atoms with E-state index in [9.17, 15) is 4.79 Å². The molecule has 0 fully saturated rings. The molecule has 0 unspecified atom stereocenters. The van der Waals surface area contributed by atoms with Crippen molar-refractivity contribution in [1.82, 2.24) is 0 Å². The number of halogens is 2. The van der Waals surface area contributed by atoms with Gasteiger partial charge >= 0.3 is 5.97 Å². The van der Waals surface area contributed by atoms with Gasteiger partial charge in [0, 0.05) is 6.42 Å². The summed E-state index contributed by atoms with van der Waals surface area (Å²) >= 11 is 12.1. The lowest BCUT2D eigenvalue weighted by Gasteiger charge is -2.09. The fourth-order valence-corrected chi connectivity index (χ4v) is 1.90. The number of ether oxygens (including phenoxy) is 2. The molecule has 0 aliphatic rings. The molecule has 0 atom stereocenters. The fourth-order valence-electron chi connectivity index (χ4n) is 1.39. The average Bonchev–Trinajstić information content (AvgIpc) is 2.31. The Morgan fingerprint density at radius 2 is 2.00 bits per heavy atom. The van der Waals surface area contributed by atoms with Crippen LogP contribution in [0.1, 0.15) is 18.9 Å². The fraction of sp³-hybridized carbons (Fsp3) is 0.417. The first-order chi connectivity index (χ1) is 8.10. The maximum atomic E-state index is 11.2. The van der Waals surface area contributed by atoms with Crippen LogP contribution < -0.4 is 4.74 Å². The van der Waals surface area contributed by atoms with E-state index in [0.29, 0.717) is 28.8 Å². The van der Waals surface area contributed by atoms with E-state index >= 15 is 0 Å². The molecule has 1 aromatic carbocycles. The molecule has 0 bridgehead atoms. The summed E-state index contributed by atoms with van der Waals surface area (Å²) in [6, 6.07) is 3.53. The lowest BCUT2D eigenvalue weighted by atomic mass is 10.1. The Hall–Kier alpha value is -0.930. The molecule has 0 saturated carbocycles. The van der Waals surface area contributed by atoms with Crippen LogP contribution in [-0.4, -0.2) is 19.7 Å². The molecule has 0 amide bonds. The minimum Gasteiger partial charge on any atom is -0.495 e. The van der Waals surface area contributed by atoms with Gasteiger partial charge in [-0.3, -0.25) is 4.79 Å². The van der Waals surface area contributed by atoms with Gasteiger partial charge < -0.3 is 9.47 Å². The van der Waals surface area contributed by atoms with Crippen molar-refractivity contribution in [3.05, 3.63) is 27.7 Å². The molecule has 0 heterocycles. The summed E-state index contributed by atoms with van der Waals surface area (Å²) in [7, 11) is 1.52. The number of esters is 1. The van der Waals surface area contributed by atoms with Crippen molar-refractivity contribution in [2.75, 3.05) is 13.7 Å². The zero-order chi connectivity index (χ0) is 12.8. The Bertz CT molecular complexity index is 405. The van der Waals surface area contributed by atoms with Gasteiger partial charge in [0.2, 0.25) is 0 Å². The van der Waals surface area contributed by atoms with Crippen LogP contribution in [0.3, 0.4) is 0 Å². The molecular formula is C12H14Cl2O3. The van der Waals surface area contributed by atoms with Crippen molar-refractivity contribution in [2.24, 2.45) is 0 Å². The van der Waals surface area contributed by atoms with Gasteiger partial charge in [0.25, 0.3) is 0 Å². The summed E-state index contributed by atoms with van der Waals surface area (Å²) in [4.78, 5) is 11.2. The molecule has 5 heteroatoms. The molecule has 0 spiro atoms. The van der Waals surface area contributed by atoms with Gasteiger partial charge in [-0.05, 0) is 25.0 Å². The molecule has 0 saturated heterocycles. The standard InChI is InChI=1S/C12H14Cl2O3/c1-3-17-10(15)7-5-8-4-6-9(16-2)12(14)11(8)13/h4,6H,3,5,7H2,1-2H3. The van der Waals surface area contributed by atoms with Crippen LogP contribution in [0.25, 0.3) is 0 Å². The number of rotatable bonds is 5. The zero-order valence-electron chi connectivity index (χ0n) is 9.76. The molecule has 1 aromatic rings. The first-order valence-corrected chi connectivity index (χ1v) is 6.02. The number of carbonyl (C=O) groups is 1. The van der Waals surface area contributed by atoms with Crippen molar-refractivity contribution in [3.8, 4) is 5.75 Å². The molecule has 0 radical (unpaired) electrons. The van der Waals surface area contributed by atoms with E-state index in [1.165, 1.54) is 7.11 Å². The molecule has 0 aromatic heterocycles. The Labute approximate surface area is 111 Å². The topological polar surface area (TPSA) is 35.5 Å². The summed E-state index contributed by atoms with van der Waals surface area (Å²) in [5.74, 6) is 0.284. The highest BCUT2D eigenvalue weighted by atomic mass is 35.5. The minimum absolute atomic E-state index is 0.240. The van der Waals surface area contributed by atoms with Gasteiger partial charge in [0.05, 0.1) is 18.7 Å². The third-order valence-electron chi connectivity index (χ3n) is 2.25. The molecule has 0 aliphatic heterocycles. The first kappa shape index (κ1) is 14.1. The van der Waals surface area contributed by atoms with E-state index in [4.69, 9.17) is 32.7 Å². The first-order valence-electron chi connectivity index (χ1n) is 5.26. The van der Waals surface area contributed by atoms with Crippen molar-refractivity contribution in [1.29, 1.82) is 0 Å². The second-order valence-electron chi connectivity index (χ2n) is 3.36.